The monoisotopic (exact) mass is 225 g/mol. The van der Waals surface area contributed by atoms with Crippen molar-refractivity contribution >= 4 is 0 Å². The van der Waals surface area contributed by atoms with E-state index in [0.717, 1.165) is 0 Å². The van der Waals surface area contributed by atoms with Gasteiger partial charge in [-0.2, -0.15) is 0 Å². The lowest BCUT2D eigenvalue weighted by Crippen LogP contribution is -2.39. The Morgan fingerprint density at radius 1 is 0.938 bits per heavy atom. The highest BCUT2D eigenvalue weighted by Crippen LogP contribution is 2.31. The van der Waals surface area contributed by atoms with Gasteiger partial charge in [0.15, 0.2) is 0 Å². The number of likely N-dealkylation sites (tertiary alicyclic amines) is 1. The van der Waals surface area contributed by atoms with E-state index >= 15 is 0 Å². The van der Waals surface area contributed by atoms with E-state index in [1.54, 1.807) is 0 Å². The third-order valence-electron chi connectivity index (χ3n) is 4.04. The summed E-state index contributed by atoms with van der Waals surface area (Å²) in [6.07, 6.45) is 11.2. The molecule has 1 saturated heterocycles. The van der Waals surface area contributed by atoms with Crippen LogP contribution in [-0.4, -0.2) is 24.5 Å². The molecule has 0 bridgehead atoms. The van der Waals surface area contributed by atoms with Gasteiger partial charge in [0, 0.05) is 6.54 Å². The van der Waals surface area contributed by atoms with Crippen LogP contribution in [0.5, 0.6) is 0 Å². The SMILES string of the molecule is CCCCC(C)(CCC)CN1CCCCC1. The lowest BCUT2D eigenvalue weighted by Gasteiger charge is -2.37. The highest BCUT2D eigenvalue weighted by molar-refractivity contribution is 4.79. The zero-order valence-electron chi connectivity index (χ0n) is 11.7. The minimum Gasteiger partial charge on any atom is -0.303 e. The Bertz CT molecular complexity index is 172. The van der Waals surface area contributed by atoms with Crippen molar-refractivity contribution in [3.8, 4) is 0 Å². The van der Waals surface area contributed by atoms with Crippen LogP contribution in [0.2, 0.25) is 0 Å². The summed E-state index contributed by atoms with van der Waals surface area (Å²) in [5.41, 5.74) is 0.585. The van der Waals surface area contributed by atoms with E-state index in [1.807, 2.05) is 0 Å². The highest BCUT2D eigenvalue weighted by Gasteiger charge is 2.26. The molecule has 1 aliphatic heterocycles. The largest absolute Gasteiger partial charge is 0.303 e. The van der Waals surface area contributed by atoms with Gasteiger partial charge in [-0.05, 0) is 44.2 Å². The zero-order chi connectivity index (χ0) is 11.9. The Balaban J connectivity index is 2.40. The van der Waals surface area contributed by atoms with Crippen molar-refractivity contribution < 1.29 is 0 Å². The van der Waals surface area contributed by atoms with Crippen LogP contribution in [0.1, 0.15) is 72.1 Å². The van der Waals surface area contributed by atoms with Crippen molar-refractivity contribution in [3.63, 3.8) is 0 Å². The fourth-order valence-corrected chi connectivity index (χ4v) is 3.15. The lowest BCUT2D eigenvalue weighted by molar-refractivity contribution is 0.122. The van der Waals surface area contributed by atoms with E-state index in [1.165, 1.54) is 71.0 Å². The molecule has 1 heteroatoms. The molecule has 1 fully saturated rings. The van der Waals surface area contributed by atoms with Crippen LogP contribution >= 0.6 is 0 Å². The van der Waals surface area contributed by atoms with Crippen molar-refractivity contribution in [2.24, 2.45) is 5.41 Å². The smallest absolute Gasteiger partial charge is 0.00353 e. The van der Waals surface area contributed by atoms with Crippen LogP contribution in [0.15, 0.2) is 0 Å². The van der Waals surface area contributed by atoms with Crippen LogP contribution in [0, 0.1) is 5.41 Å². The van der Waals surface area contributed by atoms with E-state index in [0.29, 0.717) is 5.41 Å². The fraction of sp³-hybridized carbons (Fsp3) is 1.00. The second-order valence-electron chi connectivity index (χ2n) is 6.00. The summed E-state index contributed by atoms with van der Waals surface area (Å²) in [6.45, 7) is 11.2. The molecule has 16 heavy (non-hydrogen) atoms. The molecule has 0 amide bonds. The molecule has 1 unspecified atom stereocenters. The highest BCUT2D eigenvalue weighted by atomic mass is 15.1. The second kappa shape index (κ2) is 7.32. The standard InChI is InChI=1S/C15H31N/c1-4-6-11-15(3,10-5-2)14-16-12-8-7-9-13-16/h4-14H2,1-3H3. The molecule has 0 N–H and O–H groups in total. The summed E-state index contributed by atoms with van der Waals surface area (Å²) in [5.74, 6) is 0. The molecule has 0 aliphatic carbocycles. The molecule has 96 valence electrons. The minimum absolute atomic E-state index is 0.585. The summed E-state index contributed by atoms with van der Waals surface area (Å²) in [5, 5.41) is 0. The van der Waals surface area contributed by atoms with E-state index < -0.39 is 0 Å². The first-order chi connectivity index (χ1) is 7.70. The molecular weight excluding hydrogens is 194 g/mol. The molecule has 1 atom stereocenters. The first-order valence-corrected chi connectivity index (χ1v) is 7.42. The summed E-state index contributed by atoms with van der Waals surface area (Å²) in [6, 6.07) is 0. The molecule has 0 aromatic rings. The third kappa shape index (κ3) is 4.86. The van der Waals surface area contributed by atoms with Crippen molar-refractivity contribution in [1.29, 1.82) is 0 Å². The Morgan fingerprint density at radius 2 is 1.62 bits per heavy atom. The summed E-state index contributed by atoms with van der Waals surface area (Å²) in [7, 11) is 0. The van der Waals surface area contributed by atoms with Gasteiger partial charge in [-0.15, -0.1) is 0 Å². The topological polar surface area (TPSA) is 3.24 Å². The molecule has 0 radical (unpaired) electrons. The van der Waals surface area contributed by atoms with E-state index in [4.69, 9.17) is 0 Å². The second-order valence-corrected chi connectivity index (χ2v) is 6.00. The number of rotatable bonds is 7. The molecular formula is C15H31N. The Hall–Kier alpha value is -0.0400. The van der Waals surface area contributed by atoms with E-state index in [2.05, 4.69) is 25.7 Å². The van der Waals surface area contributed by atoms with Crippen molar-refractivity contribution in [2.75, 3.05) is 19.6 Å². The quantitative estimate of drug-likeness (QED) is 0.618. The number of hydrogen-bond donors (Lipinski definition) is 0. The zero-order valence-corrected chi connectivity index (χ0v) is 11.7. The molecule has 0 aromatic heterocycles. The van der Waals surface area contributed by atoms with Gasteiger partial charge in [-0.3, -0.25) is 0 Å². The van der Waals surface area contributed by atoms with Gasteiger partial charge < -0.3 is 4.90 Å². The normalized spacial score (nSPS) is 21.9. The summed E-state index contributed by atoms with van der Waals surface area (Å²) >= 11 is 0. The average Bonchev–Trinajstić information content (AvgIpc) is 2.28. The van der Waals surface area contributed by atoms with Gasteiger partial charge in [-0.1, -0.05) is 46.5 Å². The predicted octanol–water partition coefficient (Wildman–Crippen LogP) is 4.47. The maximum atomic E-state index is 2.72. The van der Waals surface area contributed by atoms with Gasteiger partial charge in [0.05, 0.1) is 0 Å². The predicted molar refractivity (Wildman–Crippen MR) is 72.8 cm³/mol. The maximum absolute atomic E-state index is 2.72. The maximum Gasteiger partial charge on any atom is 0.00353 e. The lowest BCUT2D eigenvalue weighted by atomic mass is 9.80. The fourth-order valence-electron chi connectivity index (χ4n) is 3.15. The number of hydrogen-bond acceptors (Lipinski definition) is 1. The summed E-state index contributed by atoms with van der Waals surface area (Å²) < 4.78 is 0. The molecule has 1 rings (SSSR count). The molecule has 0 aromatic carbocycles. The van der Waals surface area contributed by atoms with Crippen molar-refractivity contribution in [3.05, 3.63) is 0 Å². The molecule has 1 heterocycles. The van der Waals surface area contributed by atoms with Crippen LogP contribution in [0.3, 0.4) is 0 Å². The Kier molecular flexibility index (Phi) is 6.41. The molecule has 0 spiro atoms. The van der Waals surface area contributed by atoms with Gasteiger partial charge >= 0.3 is 0 Å². The first-order valence-electron chi connectivity index (χ1n) is 7.42. The van der Waals surface area contributed by atoms with Gasteiger partial charge in [0.25, 0.3) is 0 Å². The number of nitrogens with zero attached hydrogens (tertiary/aromatic N) is 1. The third-order valence-corrected chi connectivity index (χ3v) is 4.04. The van der Waals surface area contributed by atoms with Crippen molar-refractivity contribution in [2.45, 2.75) is 72.1 Å². The van der Waals surface area contributed by atoms with Crippen LogP contribution in [0.4, 0.5) is 0 Å². The first kappa shape index (κ1) is 14.0. The van der Waals surface area contributed by atoms with Crippen molar-refractivity contribution in [1.82, 2.24) is 4.90 Å². The van der Waals surface area contributed by atoms with Gasteiger partial charge in [0.2, 0.25) is 0 Å². The van der Waals surface area contributed by atoms with E-state index in [-0.39, 0.29) is 0 Å². The van der Waals surface area contributed by atoms with E-state index in [9.17, 15) is 0 Å². The number of unbranched alkanes of at least 4 members (excludes halogenated alkanes) is 1. The molecule has 1 aliphatic rings. The van der Waals surface area contributed by atoms with Gasteiger partial charge in [-0.25, -0.2) is 0 Å². The summed E-state index contributed by atoms with van der Waals surface area (Å²) in [4.78, 5) is 2.72. The van der Waals surface area contributed by atoms with Crippen LogP contribution in [0.25, 0.3) is 0 Å². The Labute approximate surface area is 103 Å². The Morgan fingerprint density at radius 3 is 2.19 bits per heavy atom. The minimum atomic E-state index is 0.585. The van der Waals surface area contributed by atoms with Crippen LogP contribution < -0.4 is 0 Å². The molecule has 1 nitrogen and oxygen atoms in total. The molecule has 0 saturated carbocycles. The number of piperidine rings is 1. The van der Waals surface area contributed by atoms with Crippen LogP contribution in [-0.2, 0) is 0 Å². The average molecular weight is 225 g/mol. The van der Waals surface area contributed by atoms with Gasteiger partial charge in [0.1, 0.15) is 0 Å².